The Kier molecular flexibility index (Phi) is 15.6. The number of aliphatic hydroxyl groups is 1. The van der Waals surface area contributed by atoms with Crippen molar-refractivity contribution < 1.29 is 53.8 Å². The molecule has 1 spiro atoms. The molecule has 18 heteroatoms. The average Bonchev–Trinajstić information content (AvgIpc) is 3.82. The maximum absolute atomic E-state index is 14.8. The molecule has 1 amide bonds. The van der Waals surface area contributed by atoms with Crippen molar-refractivity contribution in [3.63, 3.8) is 0 Å². The number of aliphatic hydroxyl groups excluding tert-OH is 1. The van der Waals surface area contributed by atoms with E-state index >= 15 is 0 Å². The number of fused-ring (bicyclic) bond motifs is 13. The van der Waals surface area contributed by atoms with E-state index in [0.717, 1.165) is 11.6 Å². The van der Waals surface area contributed by atoms with Crippen molar-refractivity contribution in [2.75, 3.05) is 31.5 Å². The molecule has 3 unspecified atom stereocenters. The summed E-state index contributed by atoms with van der Waals surface area (Å²) < 4.78 is 18.6. The fourth-order valence-corrected chi connectivity index (χ4v) is 10.2. The average molecular weight is 992 g/mol. The highest BCUT2D eigenvalue weighted by molar-refractivity contribution is 6.19. The number of carboxylic acid groups (broad SMARTS) is 1. The summed E-state index contributed by atoms with van der Waals surface area (Å²) in [6.45, 7) is 18.4. The van der Waals surface area contributed by atoms with Crippen LogP contribution in [0.2, 0.25) is 0 Å². The number of hydrogen-bond donors (Lipinski definition) is 7. The summed E-state index contributed by atoms with van der Waals surface area (Å²) in [5.74, 6) is -0.353. The molecule has 5 aliphatic rings. The van der Waals surface area contributed by atoms with Gasteiger partial charge in [-0.25, -0.2) is 10.6 Å². The van der Waals surface area contributed by atoms with E-state index in [1.807, 2.05) is 33.8 Å². The molecule has 0 aliphatic carbocycles. The molecule has 3 aromatic carbocycles. The molecule has 72 heavy (non-hydrogen) atoms. The number of amides is 1. The predicted molar refractivity (Wildman–Crippen MR) is 271 cm³/mol. The van der Waals surface area contributed by atoms with E-state index in [9.17, 15) is 39.6 Å². The summed E-state index contributed by atoms with van der Waals surface area (Å²) in [7, 11) is 0. The van der Waals surface area contributed by atoms with Crippen molar-refractivity contribution in [1.29, 1.82) is 0 Å². The number of Topliss-reactive ketones (excluding diaryl/α,β-unsaturated/α-hetero) is 1. The molecular formula is C54H69N7O11. The molecule has 18 nitrogen and oxygen atoms in total. The van der Waals surface area contributed by atoms with Crippen LogP contribution in [-0.2, 0) is 19.1 Å². The highest BCUT2D eigenvalue weighted by atomic mass is 16.7. The standard InChI is InChI=1S/C54H69N7O11/c1-28(2)25-60-21-19-54(20-22-60)58-42-39-40-46(64)34(8)49-41(39)50(66)53(9,72-49)70-23-11-14-30(4)48(71-38(62)27-61(56)26-37(55)35-15-17-36(18-16-35)52(68)69)33(7)45(63)32(6)24-29(3)12-10-13-31(5)51(67)57-44(47(40)65)43(42)59-54/h10-13,15-18,23,26,28-30,32-33,45,48,63-65H,14,19-22,24-25,27,55-56H2,1-9H3,(H,57,67)(H,68,69)/b12-10+,23-11+,31-13-,37-26-/t29?,30-,32-,33-,45?,48-,53?/m1/s1. The number of nitrogens with zero attached hydrogens (tertiary/aromatic N) is 4. The molecule has 9 N–H and O–H groups in total. The third kappa shape index (κ3) is 10.9. The van der Waals surface area contributed by atoms with Crippen LogP contribution in [0.15, 0.2) is 76.6 Å². The number of likely N-dealkylation sites (tertiary alicyclic amines) is 1. The normalized spacial score (nSPS) is 27.5. The first-order valence-electron chi connectivity index (χ1n) is 24.6. The number of carbonyl (C=O) groups excluding carboxylic acids is 3. The minimum Gasteiger partial charge on any atom is -0.507 e. The van der Waals surface area contributed by atoms with Gasteiger partial charge in [-0.3, -0.25) is 24.4 Å². The van der Waals surface area contributed by atoms with Crippen LogP contribution in [0.4, 0.5) is 5.69 Å². The van der Waals surface area contributed by atoms with Gasteiger partial charge in [0.25, 0.3) is 11.7 Å². The van der Waals surface area contributed by atoms with Crippen LogP contribution in [-0.4, -0.2) is 104 Å². The number of allylic oxidation sites excluding steroid dienone is 4. The maximum Gasteiger partial charge on any atom is 0.335 e. The number of esters is 1. The summed E-state index contributed by atoms with van der Waals surface area (Å²) in [5.41, 5.74) is 6.49. The summed E-state index contributed by atoms with van der Waals surface area (Å²) in [5, 5.41) is 49.6. The van der Waals surface area contributed by atoms with Gasteiger partial charge in [-0.15, -0.1) is 0 Å². The number of piperidine rings is 1. The van der Waals surface area contributed by atoms with E-state index in [1.54, 1.807) is 32.1 Å². The van der Waals surface area contributed by atoms with Gasteiger partial charge in [0.05, 0.1) is 39.9 Å². The largest absolute Gasteiger partial charge is 0.507 e. The van der Waals surface area contributed by atoms with Crippen LogP contribution in [0.3, 0.4) is 0 Å². The Bertz CT molecular complexity index is 2890. The predicted octanol–water partition coefficient (Wildman–Crippen LogP) is 5.97. The van der Waals surface area contributed by atoms with Crippen LogP contribution in [0.5, 0.6) is 17.2 Å². The number of phenolic OH excluding ortho intramolecular Hbond substituents is 2. The van der Waals surface area contributed by atoms with Crippen molar-refractivity contribution in [2.24, 2.45) is 51.2 Å². The Morgan fingerprint density at radius 1 is 1.00 bits per heavy atom. The topological polar surface area (TPSA) is 272 Å². The number of aromatic hydroxyl groups is 2. The molecule has 1 saturated heterocycles. The number of carboxylic acids is 1. The summed E-state index contributed by atoms with van der Waals surface area (Å²) in [4.78, 5) is 66.5. The smallest absolute Gasteiger partial charge is 0.335 e. The minimum atomic E-state index is -1.94. The number of benzene rings is 3. The van der Waals surface area contributed by atoms with Gasteiger partial charge in [-0.05, 0) is 74.1 Å². The number of ketones is 1. The minimum absolute atomic E-state index is 0.0331. The molecule has 0 saturated carbocycles. The van der Waals surface area contributed by atoms with Crippen LogP contribution in [0.25, 0.3) is 16.5 Å². The number of anilines is 1. The number of aromatic carboxylic acids is 1. The maximum atomic E-state index is 14.8. The third-order valence-electron chi connectivity index (χ3n) is 14.3. The van der Waals surface area contributed by atoms with Crippen molar-refractivity contribution in [1.82, 2.24) is 9.91 Å². The van der Waals surface area contributed by atoms with Gasteiger partial charge in [-0.2, -0.15) is 0 Å². The number of hydrogen-bond acceptors (Lipinski definition) is 16. The number of phenols is 2. The first-order valence-corrected chi connectivity index (χ1v) is 24.6. The second-order valence-corrected chi connectivity index (χ2v) is 20.7. The highest BCUT2D eigenvalue weighted by Gasteiger charge is 2.50. The Balaban J connectivity index is 1.24. The second kappa shape index (κ2) is 21.1. The number of ether oxygens (including phenoxy) is 3. The molecule has 1 fully saturated rings. The Hall–Kier alpha value is -6.76. The second-order valence-electron chi connectivity index (χ2n) is 20.7. The van der Waals surface area contributed by atoms with E-state index in [-0.39, 0.29) is 79.3 Å². The number of hydrazine groups is 1. The SMILES string of the molecule is C/C1=C/C=C/C(C)C[C@@H](C)C(O)[C@@H](C)[C@H](OC(=O)CN(N)/C=C(\N)c2ccc(C(=O)O)cc2)[C@H](C)C/C=C/OC2(C)Oc3c(C)c(O)c4c(O)c(c5c(c4c3C2=O)=NC2(CCN(CC(C)C)CC2)N=5)NC1=O. The van der Waals surface area contributed by atoms with E-state index in [0.29, 0.717) is 49.4 Å². The highest BCUT2D eigenvalue weighted by Crippen LogP contribution is 2.50. The Morgan fingerprint density at radius 2 is 1.65 bits per heavy atom. The summed E-state index contributed by atoms with van der Waals surface area (Å²) in [6, 6.07) is 5.86. The van der Waals surface area contributed by atoms with E-state index < -0.39 is 71.4 Å². The lowest BCUT2D eigenvalue weighted by Crippen LogP contribution is -2.43. The van der Waals surface area contributed by atoms with Crippen molar-refractivity contribution in [3.05, 3.63) is 99.6 Å². The molecular weight excluding hydrogens is 923 g/mol. The van der Waals surface area contributed by atoms with E-state index in [4.69, 9.17) is 35.8 Å². The van der Waals surface area contributed by atoms with Gasteiger partial charge in [0.15, 0.2) is 11.4 Å². The third-order valence-corrected chi connectivity index (χ3v) is 14.3. The Morgan fingerprint density at radius 3 is 2.31 bits per heavy atom. The quantitative estimate of drug-likeness (QED) is 0.0593. The molecule has 0 aromatic heterocycles. The molecule has 386 valence electrons. The van der Waals surface area contributed by atoms with Crippen LogP contribution in [0, 0.1) is 36.5 Å². The molecule has 0 radical (unpaired) electrons. The van der Waals surface area contributed by atoms with Crippen LogP contribution in [0.1, 0.15) is 113 Å². The number of carbonyl (C=O) groups is 4. The lowest BCUT2D eigenvalue weighted by atomic mass is 9.80. The van der Waals surface area contributed by atoms with Gasteiger partial charge in [0, 0.05) is 68.0 Å². The van der Waals surface area contributed by atoms with Crippen molar-refractivity contribution in [2.45, 2.75) is 112 Å². The lowest BCUT2D eigenvalue weighted by Gasteiger charge is -2.36. The zero-order chi connectivity index (χ0) is 52.6. The van der Waals surface area contributed by atoms with Gasteiger partial charge in [0.1, 0.15) is 35.2 Å². The fraction of sp³-hybridized carbons (Fsp3) is 0.481. The van der Waals surface area contributed by atoms with Crippen LogP contribution >= 0.6 is 0 Å². The molecule has 5 heterocycles. The summed E-state index contributed by atoms with van der Waals surface area (Å²) >= 11 is 0. The van der Waals surface area contributed by atoms with E-state index in [1.165, 1.54) is 43.7 Å². The zero-order valence-corrected chi connectivity index (χ0v) is 42.6. The van der Waals surface area contributed by atoms with Crippen LogP contribution < -0.4 is 32.3 Å². The van der Waals surface area contributed by atoms with Gasteiger partial charge < -0.3 is 55.6 Å². The lowest BCUT2D eigenvalue weighted by molar-refractivity contribution is -0.159. The van der Waals surface area contributed by atoms with Crippen molar-refractivity contribution in [3.8, 4) is 17.2 Å². The molecule has 8 rings (SSSR count). The number of nitrogens with one attached hydrogen (secondary N) is 1. The molecule has 7 atom stereocenters. The van der Waals surface area contributed by atoms with Gasteiger partial charge in [0.2, 0.25) is 0 Å². The van der Waals surface area contributed by atoms with Crippen molar-refractivity contribution >= 4 is 45.8 Å². The summed E-state index contributed by atoms with van der Waals surface area (Å²) in [6.07, 6.45) is 9.76. The zero-order valence-electron chi connectivity index (χ0n) is 42.6. The Labute approximate surface area is 419 Å². The number of nitrogens with two attached hydrogens (primary N) is 2. The molecule has 3 aromatic rings. The fourth-order valence-electron chi connectivity index (χ4n) is 10.2. The molecule has 5 bridgehead atoms. The number of rotatable bonds is 8. The monoisotopic (exact) mass is 992 g/mol. The first-order chi connectivity index (χ1) is 33.9. The molecule has 5 aliphatic heterocycles. The van der Waals surface area contributed by atoms with Gasteiger partial charge in [-0.1, -0.05) is 71.9 Å². The van der Waals surface area contributed by atoms with E-state index in [2.05, 4.69) is 24.1 Å². The first kappa shape index (κ1) is 53.0. The van der Waals surface area contributed by atoms with Gasteiger partial charge >= 0.3 is 17.7 Å².